The first-order valence-electron chi connectivity index (χ1n) is 26.4. The van der Waals surface area contributed by atoms with Gasteiger partial charge in [-0.2, -0.15) is 0 Å². The van der Waals surface area contributed by atoms with Gasteiger partial charge >= 0.3 is 5.97 Å². The fourth-order valence-electron chi connectivity index (χ4n) is 8.22. The minimum Gasteiger partial charge on any atom is -0.466 e. The number of rotatable bonds is 49. The van der Waals surface area contributed by atoms with Crippen molar-refractivity contribution < 1.29 is 24.5 Å². The summed E-state index contributed by atoms with van der Waals surface area (Å²) in [6.07, 6.45) is 56.1. The summed E-state index contributed by atoms with van der Waals surface area (Å²) in [5.74, 6) is -0.0571. The molecule has 0 rings (SSSR count). The van der Waals surface area contributed by atoms with Gasteiger partial charge in [0.05, 0.1) is 25.4 Å². The molecule has 2 unspecified atom stereocenters. The lowest BCUT2D eigenvalue weighted by Crippen LogP contribution is -2.45. The number of aliphatic hydroxyl groups excluding tert-OH is 2. The third-order valence-corrected chi connectivity index (χ3v) is 12.3. The van der Waals surface area contributed by atoms with Crippen LogP contribution >= 0.6 is 0 Å². The molecule has 6 nitrogen and oxygen atoms in total. The average molecular weight is 834 g/mol. The second-order valence-corrected chi connectivity index (χ2v) is 18.2. The van der Waals surface area contributed by atoms with E-state index in [2.05, 4.69) is 31.3 Å². The lowest BCUT2D eigenvalue weighted by atomic mass is 10.0. The predicted molar refractivity (Wildman–Crippen MR) is 255 cm³/mol. The molecule has 350 valence electrons. The Hall–Kier alpha value is -1.40. The van der Waals surface area contributed by atoms with Gasteiger partial charge in [-0.05, 0) is 51.4 Å². The van der Waals surface area contributed by atoms with Crippen LogP contribution in [0.5, 0.6) is 0 Å². The number of aliphatic hydroxyl groups is 2. The predicted octanol–water partition coefficient (Wildman–Crippen LogP) is 15.7. The number of hydrogen-bond donors (Lipinski definition) is 3. The van der Waals surface area contributed by atoms with Crippen LogP contribution in [0, 0.1) is 0 Å². The molecule has 2 atom stereocenters. The van der Waals surface area contributed by atoms with Crippen LogP contribution in [0.2, 0.25) is 0 Å². The fourth-order valence-corrected chi connectivity index (χ4v) is 8.22. The third-order valence-electron chi connectivity index (χ3n) is 12.3. The van der Waals surface area contributed by atoms with Crippen molar-refractivity contribution in [2.24, 2.45) is 0 Å². The number of unbranched alkanes of at least 4 members (excludes halogenated alkanes) is 36. The standard InChI is InChI=1S/C53H103NO5/c1-3-5-7-9-11-13-15-17-19-23-27-31-35-39-43-47-53(58)59-48-44-40-36-32-28-24-21-18-20-22-26-30-34-38-42-46-52(57)54-50(49-55)51(56)45-41-37-33-29-25-16-14-12-10-8-6-4-2/h21,24,50-51,55-56H,3-20,22-23,25-49H2,1-2H3,(H,54,57)/b24-21-. The molecular weight excluding hydrogens is 731 g/mol. The average Bonchev–Trinajstić information content (AvgIpc) is 3.24. The molecule has 0 heterocycles. The first-order valence-corrected chi connectivity index (χ1v) is 26.4. The number of esters is 1. The highest BCUT2D eigenvalue weighted by atomic mass is 16.5. The number of allylic oxidation sites excluding steroid dienone is 2. The molecule has 59 heavy (non-hydrogen) atoms. The molecule has 0 spiro atoms. The molecular formula is C53H103NO5. The molecule has 0 saturated heterocycles. The van der Waals surface area contributed by atoms with Crippen molar-refractivity contribution in [2.45, 2.75) is 302 Å². The van der Waals surface area contributed by atoms with Gasteiger partial charge in [0.1, 0.15) is 0 Å². The Kier molecular flexibility index (Phi) is 48.1. The first-order chi connectivity index (χ1) is 29.0. The van der Waals surface area contributed by atoms with Crippen molar-refractivity contribution in [3.63, 3.8) is 0 Å². The van der Waals surface area contributed by atoms with Crippen LogP contribution in [0.25, 0.3) is 0 Å². The van der Waals surface area contributed by atoms with E-state index in [-0.39, 0.29) is 18.5 Å². The maximum atomic E-state index is 12.4. The van der Waals surface area contributed by atoms with E-state index in [1.54, 1.807) is 0 Å². The zero-order valence-corrected chi connectivity index (χ0v) is 39.7. The van der Waals surface area contributed by atoms with Crippen LogP contribution in [-0.4, -0.2) is 47.4 Å². The van der Waals surface area contributed by atoms with Crippen molar-refractivity contribution in [3.05, 3.63) is 12.2 Å². The SMILES string of the molecule is CCCCCCCCCCCCCCCCCC(=O)OCCCCCC/C=C\CCCCCCCCCC(=O)NC(CO)C(O)CCCCCCCCCCCCCC. The quantitative estimate of drug-likeness (QED) is 0.0322. The fraction of sp³-hybridized carbons (Fsp3) is 0.925. The molecule has 0 radical (unpaired) electrons. The molecule has 6 heteroatoms. The summed E-state index contributed by atoms with van der Waals surface area (Å²) in [5, 5.41) is 23.2. The monoisotopic (exact) mass is 834 g/mol. The number of ether oxygens (including phenoxy) is 1. The molecule has 0 saturated carbocycles. The van der Waals surface area contributed by atoms with E-state index < -0.39 is 12.1 Å². The summed E-state index contributed by atoms with van der Waals surface area (Å²) >= 11 is 0. The summed E-state index contributed by atoms with van der Waals surface area (Å²) in [6.45, 7) is 4.92. The van der Waals surface area contributed by atoms with Crippen molar-refractivity contribution in [1.29, 1.82) is 0 Å². The van der Waals surface area contributed by atoms with Crippen molar-refractivity contribution >= 4 is 11.9 Å². The summed E-state index contributed by atoms with van der Waals surface area (Å²) in [7, 11) is 0. The maximum Gasteiger partial charge on any atom is 0.305 e. The second kappa shape index (κ2) is 49.3. The number of hydrogen-bond acceptors (Lipinski definition) is 5. The van der Waals surface area contributed by atoms with Crippen LogP contribution < -0.4 is 5.32 Å². The van der Waals surface area contributed by atoms with E-state index in [0.717, 1.165) is 70.6 Å². The number of amides is 1. The van der Waals surface area contributed by atoms with E-state index in [1.807, 2.05) is 0 Å². The molecule has 0 bridgehead atoms. The molecule has 0 aliphatic carbocycles. The zero-order chi connectivity index (χ0) is 43.0. The topological polar surface area (TPSA) is 95.9 Å². The van der Waals surface area contributed by atoms with E-state index in [4.69, 9.17) is 4.74 Å². The number of carbonyl (C=O) groups is 2. The third kappa shape index (κ3) is 45.9. The van der Waals surface area contributed by atoms with E-state index >= 15 is 0 Å². The Labute approximate surface area is 368 Å². The number of nitrogens with one attached hydrogen (secondary N) is 1. The van der Waals surface area contributed by atoms with Gasteiger partial charge in [0.15, 0.2) is 0 Å². The molecule has 0 fully saturated rings. The summed E-state index contributed by atoms with van der Waals surface area (Å²) in [6, 6.07) is -0.550. The largest absolute Gasteiger partial charge is 0.466 e. The van der Waals surface area contributed by atoms with Gasteiger partial charge < -0.3 is 20.3 Å². The Bertz CT molecular complexity index is 878. The Morgan fingerprint density at radius 2 is 0.797 bits per heavy atom. The van der Waals surface area contributed by atoms with Crippen LogP contribution in [0.15, 0.2) is 12.2 Å². The Morgan fingerprint density at radius 1 is 0.458 bits per heavy atom. The van der Waals surface area contributed by atoms with Gasteiger partial charge in [0.25, 0.3) is 0 Å². The molecule has 3 N–H and O–H groups in total. The Balaban J connectivity index is 3.45. The van der Waals surface area contributed by atoms with E-state index in [9.17, 15) is 19.8 Å². The van der Waals surface area contributed by atoms with Gasteiger partial charge in [-0.3, -0.25) is 9.59 Å². The molecule has 0 aliphatic rings. The van der Waals surface area contributed by atoms with E-state index in [0.29, 0.717) is 25.9 Å². The summed E-state index contributed by atoms with van der Waals surface area (Å²) in [5.41, 5.74) is 0. The smallest absolute Gasteiger partial charge is 0.305 e. The second-order valence-electron chi connectivity index (χ2n) is 18.2. The van der Waals surface area contributed by atoms with Gasteiger partial charge in [-0.25, -0.2) is 0 Å². The molecule has 1 amide bonds. The van der Waals surface area contributed by atoms with Gasteiger partial charge in [-0.1, -0.05) is 238 Å². The zero-order valence-electron chi connectivity index (χ0n) is 39.7. The molecule has 0 aromatic carbocycles. The highest BCUT2D eigenvalue weighted by Crippen LogP contribution is 2.16. The van der Waals surface area contributed by atoms with Crippen molar-refractivity contribution in [1.82, 2.24) is 5.32 Å². The number of carbonyl (C=O) groups excluding carboxylic acids is 2. The summed E-state index contributed by atoms with van der Waals surface area (Å²) < 4.78 is 5.46. The normalized spacial score (nSPS) is 12.7. The molecule has 0 aromatic rings. The molecule has 0 aliphatic heterocycles. The van der Waals surface area contributed by atoms with Crippen molar-refractivity contribution in [3.8, 4) is 0 Å². The lowest BCUT2D eigenvalue weighted by Gasteiger charge is -2.22. The summed E-state index contributed by atoms with van der Waals surface area (Å²) in [4.78, 5) is 24.5. The first kappa shape index (κ1) is 57.6. The van der Waals surface area contributed by atoms with Crippen LogP contribution in [0.3, 0.4) is 0 Å². The van der Waals surface area contributed by atoms with E-state index in [1.165, 1.54) is 186 Å². The van der Waals surface area contributed by atoms with Crippen LogP contribution in [0.4, 0.5) is 0 Å². The van der Waals surface area contributed by atoms with Gasteiger partial charge in [0, 0.05) is 12.8 Å². The highest BCUT2D eigenvalue weighted by Gasteiger charge is 2.20. The molecule has 0 aromatic heterocycles. The minimum absolute atomic E-state index is 0.00707. The minimum atomic E-state index is -0.672. The maximum absolute atomic E-state index is 12.4. The van der Waals surface area contributed by atoms with Crippen molar-refractivity contribution in [2.75, 3.05) is 13.2 Å². The highest BCUT2D eigenvalue weighted by molar-refractivity contribution is 5.76. The van der Waals surface area contributed by atoms with Crippen LogP contribution in [-0.2, 0) is 14.3 Å². The van der Waals surface area contributed by atoms with Gasteiger partial charge in [-0.15, -0.1) is 0 Å². The lowest BCUT2D eigenvalue weighted by molar-refractivity contribution is -0.143. The van der Waals surface area contributed by atoms with Crippen LogP contribution in [0.1, 0.15) is 290 Å². The Morgan fingerprint density at radius 3 is 1.20 bits per heavy atom. The van der Waals surface area contributed by atoms with Gasteiger partial charge in [0.2, 0.25) is 5.91 Å².